The van der Waals surface area contributed by atoms with E-state index in [1.165, 1.54) is 22.3 Å². The maximum Gasteiger partial charge on any atom is 0.0258 e. The topological polar surface area (TPSA) is 0 Å². The van der Waals surface area contributed by atoms with Crippen LogP contribution < -0.4 is 0 Å². The summed E-state index contributed by atoms with van der Waals surface area (Å²) in [6.07, 6.45) is 5.22. The summed E-state index contributed by atoms with van der Waals surface area (Å²) >= 11 is 5.61. The number of allylic oxidation sites excluding steroid dienone is 1. The predicted octanol–water partition coefficient (Wildman–Crippen LogP) is 4.25. The van der Waals surface area contributed by atoms with Crippen molar-refractivity contribution in [3.63, 3.8) is 0 Å². The Morgan fingerprint density at radius 2 is 1.71 bits per heavy atom. The van der Waals surface area contributed by atoms with Crippen LogP contribution in [0, 0.1) is 20.8 Å². The molecule has 1 aromatic carbocycles. The van der Waals surface area contributed by atoms with Gasteiger partial charge in [0.25, 0.3) is 0 Å². The molecule has 0 spiro atoms. The molecule has 0 aromatic heterocycles. The zero-order valence-electron chi connectivity index (χ0n) is 9.10. The Hall–Kier alpha value is -0.750. The number of aryl methyl sites for hydroxylation is 3. The van der Waals surface area contributed by atoms with E-state index >= 15 is 0 Å². The van der Waals surface area contributed by atoms with Crippen molar-refractivity contribution in [1.82, 2.24) is 0 Å². The maximum atomic E-state index is 5.61. The second kappa shape index (κ2) is 5.21. The molecule has 0 nitrogen and oxygen atoms in total. The SMILES string of the molecule is Cc1cc(C)c(/C=C/CCCl)cc1C. The van der Waals surface area contributed by atoms with E-state index in [4.69, 9.17) is 11.6 Å². The Morgan fingerprint density at radius 1 is 1.07 bits per heavy atom. The van der Waals surface area contributed by atoms with Crippen molar-refractivity contribution in [3.05, 3.63) is 40.5 Å². The Labute approximate surface area is 91.6 Å². The minimum Gasteiger partial charge on any atom is -0.126 e. The first-order valence-corrected chi connectivity index (χ1v) is 5.49. The predicted molar refractivity (Wildman–Crippen MR) is 65.0 cm³/mol. The standard InChI is InChI=1S/C13H17Cl/c1-10-8-12(3)13(9-11(10)2)6-4-5-7-14/h4,6,8-9H,5,7H2,1-3H3/b6-4+. The Balaban J connectivity index is 2.92. The molecule has 1 rings (SSSR count). The molecule has 0 aliphatic heterocycles. The molecule has 0 aliphatic rings. The Bertz CT molecular complexity index is 337. The lowest BCUT2D eigenvalue weighted by Crippen LogP contribution is -1.87. The van der Waals surface area contributed by atoms with Gasteiger partial charge < -0.3 is 0 Å². The summed E-state index contributed by atoms with van der Waals surface area (Å²) in [5.74, 6) is 0.695. The molecule has 0 fully saturated rings. The molecule has 0 amide bonds. The van der Waals surface area contributed by atoms with E-state index in [2.05, 4.69) is 45.1 Å². The van der Waals surface area contributed by atoms with Crippen LogP contribution in [0.25, 0.3) is 6.08 Å². The van der Waals surface area contributed by atoms with Gasteiger partial charge in [-0.25, -0.2) is 0 Å². The van der Waals surface area contributed by atoms with Crippen LogP contribution in [0.3, 0.4) is 0 Å². The molecule has 0 atom stereocenters. The Morgan fingerprint density at radius 3 is 2.36 bits per heavy atom. The fourth-order valence-electron chi connectivity index (χ4n) is 1.44. The lowest BCUT2D eigenvalue weighted by Gasteiger charge is -2.05. The van der Waals surface area contributed by atoms with Gasteiger partial charge in [0.05, 0.1) is 0 Å². The van der Waals surface area contributed by atoms with Gasteiger partial charge in [0.2, 0.25) is 0 Å². The van der Waals surface area contributed by atoms with E-state index in [0.29, 0.717) is 5.88 Å². The van der Waals surface area contributed by atoms with Gasteiger partial charge in [0, 0.05) is 5.88 Å². The van der Waals surface area contributed by atoms with Crippen LogP contribution in [-0.4, -0.2) is 5.88 Å². The van der Waals surface area contributed by atoms with Gasteiger partial charge in [-0.15, -0.1) is 11.6 Å². The first-order valence-electron chi connectivity index (χ1n) is 4.95. The van der Waals surface area contributed by atoms with E-state index in [1.807, 2.05) is 0 Å². The van der Waals surface area contributed by atoms with Gasteiger partial charge in [0.15, 0.2) is 0 Å². The summed E-state index contributed by atoms with van der Waals surface area (Å²) < 4.78 is 0. The second-order valence-electron chi connectivity index (χ2n) is 3.67. The van der Waals surface area contributed by atoms with Crippen LogP contribution in [0.1, 0.15) is 28.7 Å². The van der Waals surface area contributed by atoms with Crippen molar-refractivity contribution in [2.75, 3.05) is 5.88 Å². The van der Waals surface area contributed by atoms with Crippen LogP contribution >= 0.6 is 11.6 Å². The van der Waals surface area contributed by atoms with Gasteiger partial charge in [0.1, 0.15) is 0 Å². The van der Waals surface area contributed by atoms with E-state index < -0.39 is 0 Å². The van der Waals surface area contributed by atoms with E-state index in [0.717, 1.165) is 6.42 Å². The van der Waals surface area contributed by atoms with Crippen LogP contribution in [-0.2, 0) is 0 Å². The molecule has 0 heterocycles. The third-order valence-corrected chi connectivity index (χ3v) is 2.67. The maximum absolute atomic E-state index is 5.61. The van der Waals surface area contributed by atoms with Crippen molar-refractivity contribution in [2.24, 2.45) is 0 Å². The molecular weight excluding hydrogens is 192 g/mol. The molecule has 14 heavy (non-hydrogen) atoms. The Kier molecular flexibility index (Phi) is 4.21. The first kappa shape index (κ1) is 11.3. The number of benzene rings is 1. The molecule has 1 heteroatoms. The van der Waals surface area contributed by atoms with E-state index in [1.54, 1.807) is 0 Å². The molecule has 0 radical (unpaired) electrons. The smallest absolute Gasteiger partial charge is 0.0258 e. The van der Waals surface area contributed by atoms with Gasteiger partial charge in [-0.1, -0.05) is 24.3 Å². The van der Waals surface area contributed by atoms with Gasteiger partial charge >= 0.3 is 0 Å². The van der Waals surface area contributed by atoms with Crippen molar-refractivity contribution in [2.45, 2.75) is 27.2 Å². The highest BCUT2D eigenvalue weighted by atomic mass is 35.5. The second-order valence-corrected chi connectivity index (χ2v) is 4.05. The number of hydrogen-bond acceptors (Lipinski definition) is 0. The number of hydrogen-bond donors (Lipinski definition) is 0. The minimum absolute atomic E-state index is 0.695. The summed E-state index contributed by atoms with van der Waals surface area (Å²) in [5, 5.41) is 0. The van der Waals surface area contributed by atoms with E-state index in [9.17, 15) is 0 Å². The molecular formula is C13H17Cl. The highest BCUT2D eigenvalue weighted by Gasteiger charge is 1.97. The summed E-state index contributed by atoms with van der Waals surface area (Å²) in [4.78, 5) is 0. The molecule has 0 unspecified atom stereocenters. The normalized spacial score (nSPS) is 11.1. The lowest BCUT2D eigenvalue weighted by molar-refractivity contribution is 1.24. The summed E-state index contributed by atoms with van der Waals surface area (Å²) in [7, 11) is 0. The highest BCUT2D eigenvalue weighted by molar-refractivity contribution is 6.17. The van der Waals surface area contributed by atoms with Crippen molar-refractivity contribution >= 4 is 17.7 Å². The van der Waals surface area contributed by atoms with Gasteiger partial charge in [-0.2, -0.15) is 0 Å². The summed E-state index contributed by atoms with van der Waals surface area (Å²) in [5.41, 5.74) is 5.34. The summed E-state index contributed by atoms with van der Waals surface area (Å²) in [6.45, 7) is 6.44. The molecule has 0 N–H and O–H groups in total. The average Bonchev–Trinajstić information content (AvgIpc) is 2.14. The van der Waals surface area contributed by atoms with Crippen molar-refractivity contribution in [3.8, 4) is 0 Å². The molecule has 76 valence electrons. The zero-order chi connectivity index (χ0) is 10.6. The minimum atomic E-state index is 0.695. The largest absolute Gasteiger partial charge is 0.126 e. The van der Waals surface area contributed by atoms with Crippen LogP contribution in [0.5, 0.6) is 0 Å². The van der Waals surface area contributed by atoms with Crippen molar-refractivity contribution < 1.29 is 0 Å². The third kappa shape index (κ3) is 2.88. The molecule has 0 aliphatic carbocycles. The first-order chi connectivity index (χ1) is 6.65. The molecule has 0 bridgehead atoms. The quantitative estimate of drug-likeness (QED) is 0.652. The third-order valence-electron chi connectivity index (χ3n) is 2.46. The number of alkyl halides is 1. The monoisotopic (exact) mass is 208 g/mol. The van der Waals surface area contributed by atoms with Crippen LogP contribution in [0.4, 0.5) is 0 Å². The van der Waals surface area contributed by atoms with E-state index in [-0.39, 0.29) is 0 Å². The zero-order valence-corrected chi connectivity index (χ0v) is 9.86. The van der Waals surface area contributed by atoms with Gasteiger partial charge in [-0.05, 0) is 49.4 Å². The molecule has 1 aromatic rings. The number of halogens is 1. The fraction of sp³-hybridized carbons (Fsp3) is 0.385. The average molecular weight is 209 g/mol. The molecule has 0 saturated heterocycles. The highest BCUT2D eigenvalue weighted by Crippen LogP contribution is 2.16. The van der Waals surface area contributed by atoms with Crippen LogP contribution in [0.2, 0.25) is 0 Å². The van der Waals surface area contributed by atoms with Crippen molar-refractivity contribution in [1.29, 1.82) is 0 Å². The lowest BCUT2D eigenvalue weighted by atomic mass is 10.0. The van der Waals surface area contributed by atoms with Gasteiger partial charge in [-0.3, -0.25) is 0 Å². The number of rotatable bonds is 3. The summed E-state index contributed by atoms with van der Waals surface area (Å²) in [6, 6.07) is 4.46. The molecule has 0 saturated carbocycles. The van der Waals surface area contributed by atoms with Crippen LogP contribution in [0.15, 0.2) is 18.2 Å². The fourth-order valence-corrected chi connectivity index (χ4v) is 1.56.